The SMILES string of the molecule is Fc1ccccc1/C=N/n1c(C(F)(F)F)nn(CN2CCN(Cn3nc(C(F)(F)F)n(/N=C/c4ccccc4F)c3=S)CC2)c1=S. The molecule has 1 aliphatic rings. The molecule has 0 atom stereocenters. The van der Waals surface area contributed by atoms with Gasteiger partial charge in [0.1, 0.15) is 11.6 Å². The van der Waals surface area contributed by atoms with Crippen LogP contribution in [0, 0.1) is 21.2 Å². The van der Waals surface area contributed by atoms with Gasteiger partial charge in [-0.15, -0.1) is 10.2 Å². The van der Waals surface area contributed by atoms with Gasteiger partial charge < -0.3 is 0 Å². The fourth-order valence-corrected chi connectivity index (χ4v) is 4.86. The average molecular weight is 691 g/mol. The lowest BCUT2D eigenvalue weighted by Crippen LogP contribution is -2.47. The first-order valence-electron chi connectivity index (χ1n) is 13.3. The predicted molar refractivity (Wildman–Crippen MR) is 154 cm³/mol. The van der Waals surface area contributed by atoms with Gasteiger partial charge in [-0.3, -0.25) is 9.80 Å². The molecule has 5 rings (SSSR count). The largest absolute Gasteiger partial charge is 0.453 e. The number of benzene rings is 2. The predicted octanol–water partition coefficient (Wildman–Crippen LogP) is 5.45. The third-order valence-electron chi connectivity index (χ3n) is 6.71. The molecule has 0 saturated carbocycles. The maximum atomic E-state index is 14.0. The Morgan fingerprint density at radius 3 is 1.30 bits per heavy atom. The Hall–Kier alpha value is -4.14. The highest BCUT2D eigenvalue weighted by Crippen LogP contribution is 2.29. The highest BCUT2D eigenvalue weighted by atomic mass is 32.1. The van der Waals surface area contributed by atoms with Gasteiger partial charge in [0.05, 0.1) is 25.8 Å². The number of hydrogen-bond donors (Lipinski definition) is 0. The number of hydrogen-bond acceptors (Lipinski definition) is 8. The zero-order valence-electron chi connectivity index (χ0n) is 23.3. The third-order valence-corrected chi connectivity index (χ3v) is 7.48. The number of piperazine rings is 1. The fourth-order valence-electron chi connectivity index (χ4n) is 4.40. The summed E-state index contributed by atoms with van der Waals surface area (Å²) >= 11 is 10.4. The summed E-state index contributed by atoms with van der Waals surface area (Å²) in [5, 5.41) is 14.7. The molecule has 244 valence electrons. The van der Waals surface area contributed by atoms with Crippen molar-refractivity contribution in [2.75, 3.05) is 26.2 Å². The average Bonchev–Trinajstić information content (AvgIpc) is 3.49. The minimum Gasteiger partial charge on any atom is -0.282 e. The molecule has 2 aromatic carbocycles. The van der Waals surface area contributed by atoms with E-state index in [-0.39, 0.29) is 60.2 Å². The summed E-state index contributed by atoms with van der Waals surface area (Å²) in [5.74, 6) is -4.16. The van der Waals surface area contributed by atoms with Crippen LogP contribution in [0.15, 0.2) is 58.7 Å². The lowest BCUT2D eigenvalue weighted by Gasteiger charge is -2.34. The van der Waals surface area contributed by atoms with Crippen molar-refractivity contribution in [1.82, 2.24) is 38.7 Å². The van der Waals surface area contributed by atoms with Gasteiger partial charge in [-0.25, -0.2) is 18.1 Å². The number of halogens is 8. The topological polar surface area (TPSA) is 76.7 Å². The van der Waals surface area contributed by atoms with Crippen LogP contribution in [0.4, 0.5) is 35.1 Å². The van der Waals surface area contributed by atoms with E-state index in [4.69, 9.17) is 24.4 Å². The second kappa shape index (κ2) is 13.3. The summed E-state index contributed by atoms with van der Waals surface area (Å²) in [7, 11) is 0. The van der Waals surface area contributed by atoms with E-state index < -0.39 is 35.6 Å². The first-order chi connectivity index (χ1) is 21.7. The van der Waals surface area contributed by atoms with E-state index in [1.54, 1.807) is 9.80 Å². The second-order valence-corrected chi connectivity index (χ2v) is 10.6. The van der Waals surface area contributed by atoms with E-state index in [1.165, 1.54) is 36.4 Å². The highest BCUT2D eigenvalue weighted by Gasteiger charge is 2.40. The maximum Gasteiger partial charge on any atom is 0.453 e. The molecule has 20 heteroatoms. The number of rotatable bonds is 8. The maximum absolute atomic E-state index is 14.0. The number of nitrogens with zero attached hydrogens (tertiary/aromatic N) is 10. The molecule has 0 spiro atoms. The smallest absolute Gasteiger partial charge is 0.282 e. The van der Waals surface area contributed by atoms with Gasteiger partial charge in [0.25, 0.3) is 11.6 Å². The Morgan fingerprint density at radius 1 is 0.630 bits per heavy atom. The Balaban J connectivity index is 1.29. The third kappa shape index (κ3) is 7.45. The van der Waals surface area contributed by atoms with Gasteiger partial charge in [-0.05, 0) is 36.6 Å². The van der Waals surface area contributed by atoms with Crippen LogP contribution in [0.25, 0.3) is 0 Å². The van der Waals surface area contributed by atoms with E-state index in [0.29, 0.717) is 9.35 Å². The van der Waals surface area contributed by atoms with E-state index in [9.17, 15) is 35.1 Å². The van der Waals surface area contributed by atoms with Gasteiger partial charge in [0, 0.05) is 37.3 Å². The van der Waals surface area contributed by atoms with Gasteiger partial charge in [0.15, 0.2) is 0 Å². The molecule has 0 N–H and O–H groups in total. The van der Waals surface area contributed by atoms with Crippen LogP contribution in [0.3, 0.4) is 0 Å². The summed E-state index contributed by atoms with van der Waals surface area (Å²) in [6, 6.07) is 10.8. The number of aromatic nitrogens is 6. The first-order valence-corrected chi connectivity index (χ1v) is 14.1. The van der Waals surface area contributed by atoms with Gasteiger partial charge in [-0.2, -0.15) is 45.9 Å². The molecule has 46 heavy (non-hydrogen) atoms. The molecule has 0 unspecified atom stereocenters. The highest BCUT2D eigenvalue weighted by molar-refractivity contribution is 7.71. The Labute approximate surface area is 265 Å². The summed E-state index contributed by atoms with van der Waals surface area (Å²) in [4.78, 5) is 3.48. The van der Waals surface area contributed by atoms with Crippen LogP contribution in [-0.4, -0.2) is 77.3 Å². The van der Waals surface area contributed by atoms with Crippen molar-refractivity contribution in [3.8, 4) is 0 Å². The van der Waals surface area contributed by atoms with Crippen LogP contribution in [0.1, 0.15) is 22.8 Å². The Bertz CT molecular complexity index is 1740. The molecule has 1 aliphatic heterocycles. The molecule has 1 fully saturated rings. The summed E-state index contributed by atoms with van der Waals surface area (Å²) in [6.07, 6.45) is -8.01. The molecule has 2 aromatic heterocycles. The van der Waals surface area contributed by atoms with Crippen LogP contribution in [-0.2, 0) is 25.7 Å². The van der Waals surface area contributed by atoms with Crippen molar-refractivity contribution in [2.24, 2.45) is 10.2 Å². The summed E-state index contributed by atoms with van der Waals surface area (Å²) < 4.78 is 112. The molecule has 3 heterocycles. The second-order valence-electron chi connectivity index (χ2n) is 9.88. The van der Waals surface area contributed by atoms with Crippen LogP contribution in [0.5, 0.6) is 0 Å². The van der Waals surface area contributed by atoms with Crippen molar-refractivity contribution in [3.63, 3.8) is 0 Å². The Morgan fingerprint density at radius 2 is 0.978 bits per heavy atom. The lowest BCUT2D eigenvalue weighted by molar-refractivity contribution is -0.148. The van der Waals surface area contributed by atoms with Crippen molar-refractivity contribution in [3.05, 3.63) is 92.5 Å². The van der Waals surface area contributed by atoms with Gasteiger partial charge in [0.2, 0.25) is 9.54 Å². The summed E-state index contributed by atoms with van der Waals surface area (Å²) in [5.41, 5.74) is -0.101. The zero-order valence-corrected chi connectivity index (χ0v) is 25.0. The summed E-state index contributed by atoms with van der Waals surface area (Å²) in [6.45, 7) is 0.824. The molecule has 4 aromatic rings. The fraction of sp³-hybridized carbons (Fsp3) is 0.308. The van der Waals surface area contributed by atoms with Crippen molar-refractivity contribution >= 4 is 36.9 Å². The molecular weight excluding hydrogens is 668 g/mol. The van der Waals surface area contributed by atoms with E-state index >= 15 is 0 Å². The van der Waals surface area contributed by atoms with Crippen LogP contribution < -0.4 is 0 Å². The zero-order chi connectivity index (χ0) is 33.2. The molecule has 0 radical (unpaired) electrons. The minimum absolute atomic E-state index is 0.0504. The van der Waals surface area contributed by atoms with E-state index in [1.807, 2.05) is 0 Å². The molecular formula is C26H22F8N10S2. The van der Waals surface area contributed by atoms with Crippen molar-refractivity contribution in [2.45, 2.75) is 25.7 Å². The molecule has 10 nitrogen and oxygen atoms in total. The lowest BCUT2D eigenvalue weighted by atomic mass is 10.2. The molecule has 1 saturated heterocycles. The monoisotopic (exact) mass is 690 g/mol. The van der Waals surface area contributed by atoms with Crippen molar-refractivity contribution < 1.29 is 35.1 Å². The van der Waals surface area contributed by atoms with Crippen LogP contribution >= 0.6 is 24.4 Å². The van der Waals surface area contributed by atoms with E-state index in [2.05, 4.69) is 20.4 Å². The standard InChI is InChI=1S/C26H22F8N10S2/c27-19-7-3-1-5-17(19)13-35-43-21(25(29,30)31)37-41(23(43)45)15-39-9-11-40(12-10-39)16-42-24(46)44(22(38-42)26(32,33)34)36-14-18-6-2-4-8-20(18)28/h1-8,13-14H,9-12,15-16H2/b35-13+,36-14+. The number of alkyl halides is 6. The molecule has 0 bridgehead atoms. The normalized spacial score (nSPS) is 15.5. The van der Waals surface area contributed by atoms with Crippen molar-refractivity contribution in [1.29, 1.82) is 0 Å². The first kappa shape index (κ1) is 33.2. The quantitative estimate of drug-likeness (QED) is 0.139. The minimum atomic E-state index is -4.92. The Kier molecular flexibility index (Phi) is 9.61. The van der Waals surface area contributed by atoms with E-state index in [0.717, 1.165) is 33.9 Å². The molecule has 0 amide bonds. The van der Waals surface area contributed by atoms with Crippen LogP contribution in [0.2, 0.25) is 0 Å². The van der Waals surface area contributed by atoms with Gasteiger partial charge in [-0.1, -0.05) is 36.4 Å². The van der Waals surface area contributed by atoms with Gasteiger partial charge >= 0.3 is 12.4 Å². The molecule has 0 aliphatic carbocycles.